The molecule has 1 saturated heterocycles. The van der Waals surface area contributed by atoms with Crippen LogP contribution < -0.4 is 10.1 Å². The predicted molar refractivity (Wildman–Crippen MR) is 87.3 cm³/mol. The lowest BCUT2D eigenvalue weighted by atomic mass is 9.98. The van der Waals surface area contributed by atoms with E-state index in [-0.39, 0.29) is 12.5 Å². The van der Waals surface area contributed by atoms with Crippen molar-refractivity contribution in [3.8, 4) is 5.75 Å². The number of alkyl halides is 3. The average molecular weight is 341 g/mol. The van der Waals surface area contributed by atoms with Crippen LogP contribution >= 0.6 is 0 Å². The molecule has 24 heavy (non-hydrogen) atoms. The van der Waals surface area contributed by atoms with Gasteiger partial charge in [0.2, 0.25) is 0 Å². The van der Waals surface area contributed by atoms with Crippen LogP contribution in [0.3, 0.4) is 0 Å². The molecule has 1 aliphatic heterocycles. The lowest BCUT2D eigenvalue weighted by Crippen LogP contribution is -2.45. The zero-order valence-corrected chi connectivity index (χ0v) is 13.6. The van der Waals surface area contributed by atoms with Gasteiger partial charge in [0.1, 0.15) is 5.75 Å². The lowest BCUT2D eigenvalue weighted by Gasteiger charge is -2.35. The first-order chi connectivity index (χ1) is 11.5. The summed E-state index contributed by atoms with van der Waals surface area (Å²) in [6.45, 7) is 3.10. The van der Waals surface area contributed by atoms with E-state index in [4.69, 9.17) is 4.74 Å². The molecule has 0 bridgehead atoms. The molecule has 7 heteroatoms. The molecule has 2 heterocycles. The fraction of sp³-hybridized carbons (Fsp3) is 0.529. The van der Waals surface area contributed by atoms with Gasteiger partial charge in [-0.05, 0) is 30.2 Å². The topological polar surface area (TPSA) is 40.3 Å². The van der Waals surface area contributed by atoms with Gasteiger partial charge in [0.15, 0.2) is 0 Å². The van der Waals surface area contributed by atoms with Crippen LogP contribution in [0.2, 0.25) is 0 Å². The number of piperazine rings is 1. The fourth-order valence-electron chi connectivity index (χ4n) is 3.35. The minimum absolute atomic E-state index is 0.0632. The quantitative estimate of drug-likeness (QED) is 0.875. The summed E-state index contributed by atoms with van der Waals surface area (Å²) >= 11 is 0. The first-order valence-electron chi connectivity index (χ1n) is 8.14. The van der Waals surface area contributed by atoms with Crippen molar-refractivity contribution < 1.29 is 17.9 Å². The Morgan fingerprint density at radius 3 is 2.67 bits per heavy atom. The number of ether oxygens (including phenoxy) is 1. The third-order valence-corrected chi connectivity index (χ3v) is 4.57. The third-order valence-electron chi connectivity index (χ3n) is 4.57. The standard InChI is InChI=1S/C17H22F3N3O/c1-24-12-2-3-15-13(10-12)14(11-22-15)16(4-5-17(18,19)20)23-8-6-21-7-9-23/h2-3,10-11,16,21-22H,4-9H2,1H3/t16-/m1/s1. The Bertz CT molecular complexity index is 677. The second-order valence-corrected chi connectivity index (χ2v) is 6.11. The number of H-pyrrole nitrogens is 1. The maximum atomic E-state index is 12.8. The largest absolute Gasteiger partial charge is 0.497 e. The molecule has 0 aliphatic carbocycles. The van der Waals surface area contributed by atoms with Crippen molar-refractivity contribution >= 4 is 10.9 Å². The van der Waals surface area contributed by atoms with E-state index in [1.807, 2.05) is 24.4 Å². The Morgan fingerprint density at radius 1 is 1.25 bits per heavy atom. The van der Waals surface area contributed by atoms with Crippen LogP contribution in [0.5, 0.6) is 5.75 Å². The summed E-state index contributed by atoms with van der Waals surface area (Å²) in [5.74, 6) is 0.707. The first-order valence-corrected chi connectivity index (χ1v) is 8.14. The van der Waals surface area contributed by atoms with Crippen molar-refractivity contribution in [2.75, 3.05) is 33.3 Å². The minimum atomic E-state index is -4.14. The normalized spacial score (nSPS) is 18.0. The van der Waals surface area contributed by atoms with Crippen molar-refractivity contribution in [3.63, 3.8) is 0 Å². The molecule has 2 aromatic rings. The van der Waals surface area contributed by atoms with Gasteiger partial charge in [-0.15, -0.1) is 0 Å². The molecule has 0 amide bonds. The molecular formula is C17H22F3N3O. The molecule has 4 nitrogen and oxygen atoms in total. The molecule has 1 aliphatic rings. The van der Waals surface area contributed by atoms with Crippen LogP contribution in [0, 0.1) is 0 Å². The number of methoxy groups -OCH3 is 1. The number of rotatable bonds is 5. The van der Waals surface area contributed by atoms with Crippen LogP contribution in [0.1, 0.15) is 24.4 Å². The maximum absolute atomic E-state index is 12.8. The number of nitrogens with zero attached hydrogens (tertiary/aromatic N) is 1. The van der Waals surface area contributed by atoms with Crippen LogP contribution in [0.4, 0.5) is 13.2 Å². The lowest BCUT2D eigenvalue weighted by molar-refractivity contribution is -0.138. The summed E-state index contributed by atoms with van der Waals surface area (Å²) < 4.78 is 43.7. The molecule has 1 fully saturated rings. The number of hydrogen-bond donors (Lipinski definition) is 2. The van der Waals surface area contributed by atoms with Crippen LogP contribution in [0.15, 0.2) is 24.4 Å². The van der Waals surface area contributed by atoms with Gasteiger partial charge in [0, 0.05) is 55.7 Å². The number of nitrogens with one attached hydrogen (secondary N) is 2. The van der Waals surface area contributed by atoms with Gasteiger partial charge >= 0.3 is 6.18 Å². The van der Waals surface area contributed by atoms with Gasteiger partial charge in [-0.3, -0.25) is 4.90 Å². The summed E-state index contributed by atoms with van der Waals surface area (Å²) in [4.78, 5) is 5.32. The molecule has 0 unspecified atom stereocenters. The second kappa shape index (κ2) is 7.03. The van der Waals surface area contributed by atoms with Crippen molar-refractivity contribution in [2.24, 2.45) is 0 Å². The molecule has 3 rings (SSSR count). The summed E-state index contributed by atoms with van der Waals surface area (Å²) in [5, 5.41) is 4.18. The van der Waals surface area contributed by atoms with E-state index in [1.54, 1.807) is 7.11 Å². The Kier molecular flexibility index (Phi) is 5.01. The fourth-order valence-corrected chi connectivity index (χ4v) is 3.35. The third kappa shape index (κ3) is 3.84. The van der Waals surface area contributed by atoms with Gasteiger partial charge in [-0.1, -0.05) is 0 Å². The first kappa shape index (κ1) is 17.1. The molecule has 0 radical (unpaired) electrons. The number of aromatic amines is 1. The van der Waals surface area contributed by atoms with E-state index in [2.05, 4.69) is 15.2 Å². The number of benzene rings is 1. The van der Waals surface area contributed by atoms with Crippen LogP contribution in [-0.4, -0.2) is 49.3 Å². The number of aromatic nitrogens is 1. The number of halogens is 3. The van der Waals surface area contributed by atoms with E-state index < -0.39 is 12.6 Å². The van der Waals surface area contributed by atoms with Crippen LogP contribution in [-0.2, 0) is 0 Å². The zero-order chi connectivity index (χ0) is 17.2. The van der Waals surface area contributed by atoms with E-state index >= 15 is 0 Å². The van der Waals surface area contributed by atoms with Crippen molar-refractivity contribution in [2.45, 2.75) is 25.1 Å². The summed E-state index contributed by atoms with van der Waals surface area (Å²) in [6, 6.07) is 5.38. The molecule has 2 N–H and O–H groups in total. The van der Waals surface area contributed by atoms with Crippen molar-refractivity contribution in [1.29, 1.82) is 0 Å². The number of hydrogen-bond acceptors (Lipinski definition) is 3. The van der Waals surface area contributed by atoms with Gasteiger partial charge in [0.25, 0.3) is 0 Å². The molecule has 132 valence electrons. The molecular weight excluding hydrogens is 319 g/mol. The zero-order valence-electron chi connectivity index (χ0n) is 13.6. The average Bonchev–Trinajstić information content (AvgIpc) is 2.98. The van der Waals surface area contributed by atoms with Crippen molar-refractivity contribution in [1.82, 2.24) is 15.2 Å². The van der Waals surface area contributed by atoms with E-state index in [9.17, 15) is 13.2 Å². The molecule has 0 spiro atoms. The van der Waals surface area contributed by atoms with E-state index in [0.717, 1.165) is 42.6 Å². The van der Waals surface area contributed by atoms with Gasteiger partial charge in [-0.25, -0.2) is 0 Å². The highest BCUT2D eigenvalue weighted by Crippen LogP contribution is 2.36. The summed E-state index contributed by atoms with van der Waals surface area (Å²) in [5.41, 5.74) is 1.83. The van der Waals surface area contributed by atoms with E-state index in [0.29, 0.717) is 5.75 Å². The Hall–Kier alpha value is -1.73. The van der Waals surface area contributed by atoms with Gasteiger partial charge in [0.05, 0.1) is 7.11 Å². The monoisotopic (exact) mass is 341 g/mol. The SMILES string of the molecule is COc1ccc2[nH]cc([C@@H](CCC(F)(F)F)N3CCNCC3)c2c1. The predicted octanol–water partition coefficient (Wildman–Crippen LogP) is 3.47. The number of fused-ring (bicyclic) bond motifs is 1. The maximum Gasteiger partial charge on any atom is 0.389 e. The molecule has 1 atom stereocenters. The van der Waals surface area contributed by atoms with Crippen LogP contribution in [0.25, 0.3) is 10.9 Å². The highest BCUT2D eigenvalue weighted by molar-refractivity contribution is 5.85. The smallest absolute Gasteiger partial charge is 0.389 e. The summed E-state index contributed by atoms with van der Waals surface area (Å²) in [6.07, 6.45) is -3.02. The molecule has 1 aromatic carbocycles. The molecule has 0 saturated carbocycles. The van der Waals surface area contributed by atoms with Crippen molar-refractivity contribution in [3.05, 3.63) is 30.0 Å². The highest BCUT2D eigenvalue weighted by Gasteiger charge is 2.32. The Labute approximate surface area is 139 Å². The Morgan fingerprint density at radius 2 is 2.00 bits per heavy atom. The van der Waals surface area contributed by atoms with Gasteiger partial charge in [-0.2, -0.15) is 13.2 Å². The second-order valence-electron chi connectivity index (χ2n) is 6.11. The van der Waals surface area contributed by atoms with Gasteiger partial charge < -0.3 is 15.0 Å². The Balaban J connectivity index is 1.94. The molecule has 1 aromatic heterocycles. The minimum Gasteiger partial charge on any atom is -0.497 e. The van der Waals surface area contributed by atoms with E-state index in [1.165, 1.54) is 0 Å². The summed E-state index contributed by atoms with van der Waals surface area (Å²) in [7, 11) is 1.59. The highest BCUT2D eigenvalue weighted by atomic mass is 19.4.